The number of pyridine rings is 3. The van der Waals surface area contributed by atoms with Crippen molar-refractivity contribution in [1.82, 2.24) is 29.0 Å². The molecule has 1 saturated carbocycles. The molecule has 1 aliphatic carbocycles. The molecule has 0 radical (unpaired) electrons. The zero-order valence-corrected chi connectivity index (χ0v) is 25.3. The van der Waals surface area contributed by atoms with Crippen LogP contribution in [0.25, 0.3) is 50.1 Å². The summed E-state index contributed by atoms with van der Waals surface area (Å²) in [5, 5.41) is 6.64. The standard InChI is InChI=1S/C35H34FN7O2/c1-19-25-9-12-31(44)39-33(25)27(36)15-26(19)28-10-7-22-14-30(42(34(22)38-28)16-21-5-6-21)32-20(2)29-11-8-23(17-43(29)40-32)35(45)41-13-3-4-24(37)18-41/h7-12,14-15,17,21,24H,3-6,13,16,18,37H2,1-2H3,(H,39,44)/t24-/m1/s1. The first-order chi connectivity index (χ1) is 21.7. The van der Waals surface area contributed by atoms with E-state index in [1.807, 2.05) is 46.8 Å². The average Bonchev–Trinajstić information content (AvgIpc) is 3.71. The molecular weight excluding hydrogens is 569 g/mol. The van der Waals surface area contributed by atoms with Gasteiger partial charge in [-0.3, -0.25) is 9.59 Å². The van der Waals surface area contributed by atoms with E-state index in [-0.39, 0.29) is 23.0 Å². The van der Waals surface area contributed by atoms with Crippen molar-refractivity contribution in [2.45, 2.75) is 52.1 Å². The number of carbonyl (C=O) groups is 1. The molecule has 8 rings (SSSR count). The lowest BCUT2D eigenvalue weighted by Gasteiger charge is -2.30. The molecule has 0 spiro atoms. The van der Waals surface area contributed by atoms with Crippen LogP contribution in [0.5, 0.6) is 0 Å². The van der Waals surface area contributed by atoms with E-state index in [0.29, 0.717) is 34.7 Å². The van der Waals surface area contributed by atoms with Gasteiger partial charge in [0.1, 0.15) is 17.2 Å². The van der Waals surface area contributed by atoms with Crippen LogP contribution >= 0.6 is 0 Å². The number of hydrogen-bond acceptors (Lipinski definition) is 5. The Hall–Kier alpha value is -4.83. The first-order valence-electron chi connectivity index (χ1n) is 15.6. The van der Waals surface area contributed by atoms with E-state index in [2.05, 4.69) is 22.5 Å². The maximum Gasteiger partial charge on any atom is 0.255 e. The highest BCUT2D eigenvalue weighted by atomic mass is 19.1. The van der Waals surface area contributed by atoms with Gasteiger partial charge in [-0.05, 0) is 93.5 Å². The summed E-state index contributed by atoms with van der Waals surface area (Å²) < 4.78 is 19.3. The Kier molecular flexibility index (Phi) is 6.39. The second-order valence-electron chi connectivity index (χ2n) is 12.7. The lowest BCUT2D eigenvalue weighted by atomic mass is 9.99. The molecule has 0 bridgehead atoms. The molecule has 3 N–H and O–H groups in total. The number of carbonyl (C=O) groups excluding carboxylic acids is 1. The van der Waals surface area contributed by atoms with E-state index in [1.54, 1.807) is 6.07 Å². The molecule has 5 aromatic heterocycles. The van der Waals surface area contributed by atoms with Crippen LogP contribution in [0.15, 0.2) is 59.5 Å². The number of nitrogens with zero attached hydrogens (tertiary/aromatic N) is 5. The van der Waals surface area contributed by atoms with Gasteiger partial charge in [0.25, 0.3) is 5.91 Å². The van der Waals surface area contributed by atoms with Gasteiger partial charge in [0.05, 0.1) is 28.0 Å². The molecule has 1 saturated heterocycles. The fourth-order valence-corrected chi connectivity index (χ4v) is 6.83. The van der Waals surface area contributed by atoms with Gasteiger partial charge >= 0.3 is 0 Å². The number of halogens is 1. The maximum absolute atomic E-state index is 15.2. The highest BCUT2D eigenvalue weighted by Crippen LogP contribution is 2.38. The smallest absolute Gasteiger partial charge is 0.255 e. The van der Waals surface area contributed by atoms with E-state index in [9.17, 15) is 9.59 Å². The summed E-state index contributed by atoms with van der Waals surface area (Å²) in [6.07, 6.45) is 6.01. The van der Waals surface area contributed by atoms with E-state index < -0.39 is 5.82 Å². The molecule has 1 aliphatic heterocycles. The van der Waals surface area contributed by atoms with Crippen molar-refractivity contribution in [3.8, 4) is 22.6 Å². The van der Waals surface area contributed by atoms with Crippen LogP contribution < -0.4 is 11.3 Å². The Morgan fingerprint density at radius 2 is 1.91 bits per heavy atom. The normalized spacial score (nSPS) is 17.2. The number of nitrogens with one attached hydrogen (secondary N) is 1. The van der Waals surface area contributed by atoms with Crippen LogP contribution in [0, 0.1) is 25.6 Å². The second-order valence-corrected chi connectivity index (χ2v) is 12.7. The number of aromatic nitrogens is 5. The molecule has 1 amide bonds. The molecule has 9 nitrogen and oxygen atoms in total. The SMILES string of the molecule is Cc1c(-c2ccc3cc(-c4nn5cc(C(=O)N6CCC[C@@H](N)C6)ccc5c4C)n(CC4CC4)c3n2)cc(F)c2[nH]c(=O)ccc12. The zero-order valence-electron chi connectivity index (χ0n) is 25.3. The summed E-state index contributed by atoms with van der Waals surface area (Å²) in [6.45, 7) is 6.09. The lowest BCUT2D eigenvalue weighted by molar-refractivity contribution is 0.0708. The monoisotopic (exact) mass is 603 g/mol. The van der Waals surface area contributed by atoms with Gasteiger partial charge in [0.15, 0.2) is 0 Å². The molecule has 10 heteroatoms. The number of piperidine rings is 1. The van der Waals surface area contributed by atoms with Gasteiger partial charge < -0.3 is 20.2 Å². The first kappa shape index (κ1) is 27.7. The van der Waals surface area contributed by atoms with Crippen molar-refractivity contribution < 1.29 is 9.18 Å². The molecule has 6 heterocycles. The largest absolute Gasteiger partial charge is 0.337 e. The summed E-state index contributed by atoms with van der Waals surface area (Å²) in [4.78, 5) is 34.7. The molecule has 6 aromatic rings. The minimum absolute atomic E-state index is 0.0159. The van der Waals surface area contributed by atoms with Crippen LogP contribution in [0.2, 0.25) is 0 Å². The highest BCUT2D eigenvalue weighted by molar-refractivity contribution is 5.95. The first-order valence-corrected chi connectivity index (χ1v) is 15.6. The number of nitrogens with two attached hydrogens (primary N) is 1. The molecule has 228 valence electrons. The number of benzene rings is 1. The number of aryl methyl sites for hydroxylation is 2. The summed E-state index contributed by atoms with van der Waals surface area (Å²) in [6, 6.07) is 14.5. The third kappa shape index (κ3) is 4.71. The Labute approximate surface area is 258 Å². The van der Waals surface area contributed by atoms with Crippen LogP contribution in [-0.2, 0) is 6.54 Å². The highest BCUT2D eigenvalue weighted by Gasteiger charge is 2.27. The van der Waals surface area contributed by atoms with E-state index in [1.165, 1.54) is 25.0 Å². The molecule has 0 unspecified atom stereocenters. The van der Waals surface area contributed by atoms with Crippen molar-refractivity contribution in [1.29, 1.82) is 0 Å². The molecule has 1 aromatic carbocycles. The van der Waals surface area contributed by atoms with Crippen molar-refractivity contribution in [3.63, 3.8) is 0 Å². The Morgan fingerprint density at radius 1 is 1.07 bits per heavy atom. The number of amides is 1. The number of H-pyrrole nitrogens is 1. The average molecular weight is 604 g/mol. The quantitative estimate of drug-likeness (QED) is 0.267. The predicted octanol–water partition coefficient (Wildman–Crippen LogP) is 5.59. The second kappa shape index (κ2) is 10.4. The van der Waals surface area contributed by atoms with Crippen molar-refractivity contribution in [2.24, 2.45) is 11.7 Å². The van der Waals surface area contributed by atoms with Crippen LogP contribution in [0.4, 0.5) is 4.39 Å². The minimum Gasteiger partial charge on any atom is -0.337 e. The Morgan fingerprint density at radius 3 is 2.71 bits per heavy atom. The van der Waals surface area contributed by atoms with E-state index in [4.69, 9.17) is 15.8 Å². The van der Waals surface area contributed by atoms with Crippen LogP contribution in [0.1, 0.15) is 47.2 Å². The molecule has 2 fully saturated rings. The van der Waals surface area contributed by atoms with Gasteiger partial charge in [-0.25, -0.2) is 13.9 Å². The zero-order chi connectivity index (χ0) is 31.0. The Bertz CT molecular complexity index is 2230. The van der Waals surface area contributed by atoms with Gasteiger partial charge in [-0.2, -0.15) is 5.10 Å². The number of fused-ring (bicyclic) bond motifs is 3. The summed E-state index contributed by atoms with van der Waals surface area (Å²) in [7, 11) is 0. The fraction of sp³-hybridized carbons (Fsp3) is 0.314. The molecular formula is C35H34FN7O2. The van der Waals surface area contributed by atoms with Gasteiger partial charge in [0, 0.05) is 59.8 Å². The van der Waals surface area contributed by atoms with E-state index in [0.717, 1.165) is 65.0 Å². The van der Waals surface area contributed by atoms with Gasteiger partial charge in [-0.15, -0.1) is 0 Å². The third-order valence-electron chi connectivity index (χ3n) is 9.51. The summed E-state index contributed by atoms with van der Waals surface area (Å²) in [5.41, 5.74) is 13.4. The van der Waals surface area contributed by atoms with Crippen molar-refractivity contribution >= 4 is 33.4 Å². The molecule has 45 heavy (non-hydrogen) atoms. The van der Waals surface area contributed by atoms with Crippen molar-refractivity contribution in [2.75, 3.05) is 13.1 Å². The van der Waals surface area contributed by atoms with E-state index >= 15 is 4.39 Å². The molecule has 2 aliphatic rings. The number of likely N-dealkylation sites (tertiary alicyclic amines) is 1. The minimum atomic E-state index is -0.486. The van der Waals surface area contributed by atoms with Crippen LogP contribution in [0.3, 0.4) is 0 Å². The number of rotatable bonds is 5. The number of hydrogen-bond donors (Lipinski definition) is 2. The maximum atomic E-state index is 15.2. The van der Waals surface area contributed by atoms with Crippen molar-refractivity contribution in [3.05, 3.63) is 87.6 Å². The van der Waals surface area contributed by atoms with Gasteiger partial charge in [-0.1, -0.05) is 0 Å². The topological polar surface area (TPSA) is 114 Å². The lowest BCUT2D eigenvalue weighted by Crippen LogP contribution is -2.45. The van der Waals surface area contributed by atoms with Gasteiger partial charge in [0.2, 0.25) is 5.56 Å². The summed E-state index contributed by atoms with van der Waals surface area (Å²) in [5.74, 6) is 0.0626. The summed E-state index contributed by atoms with van der Waals surface area (Å²) >= 11 is 0. The molecule has 1 atom stereocenters. The van der Waals surface area contributed by atoms with Crippen LogP contribution in [-0.4, -0.2) is 54.1 Å². The predicted molar refractivity (Wildman–Crippen MR) is 173 cm³/mol. The third-order valence-corrected chi connectivity index (χ3v) is 9.51. The fourth-order valence-electron chi connectivity index (χ4n) is 6.83. The number of aromatic amines is 1. The Balaban J connectivity index is 1.23.